The Balaban J connectivity index is 1.56. The maximum Gasteiger partial charge on any atom is 0.261 e. The Hall–Kier alpha value is -2.34. The number of benzene rings is 2. The summed E-state index contributed by atoms with van der Waals surface area (Å²) in [4.78, 5) is 29.7. The normalized spacial score (nSPS) is 15.3. The zero-order valence-electron chi connectivity index (χ0n) is 15.4. The van der Waals surface area contributed by atoms with Crippen molar-refractivity contribution in [2.45, 2.75) is 43.3 Å². The molecular formula is C21H23N3O2S. The minimum Gasteiger partial charge on any atom is -0.353 e. The first-order valence-corrected chi connectivity index (χ1v) is 10.4. The van der Waals surface area contributed by atoms with Gasteiger partial charge in [0.1, 0.15) is 0 Å². The Morgan fingerprint density at radius 1 is 1.19 bits per heavy atom. The second kappa shape index (κ2) is 7.72. The molecule has 0 atom stereocenters. The second-order valence-electron chi connectivity index (χ2n) is 7.17. The third-order valence-corrected chi connectivity index (χ3v) is 6.23. The molecule has 1 heterocycles. The van der Waals surface area contributed by atoms with Crippen molar-refractivity contribution < 1.29 is 4.79 Å². The van der Waals surface area contributed by atoms with E-state index in [1.54, 1.807) is 7.05 Å². The fraction of sp³-hybridized carbons (Fsp3) is 0.381. The predicted molar refractivity (Wildman–Crippen MR) is 110 cm³/mol. The number of hydrogen-bond donors (Lipinski definition) is 1. The van der Waals surface area contributed by atoms with Gasteiger partial charge in [0.2, 0.25) is 5.91 Å². The lowest BCUT2D eigenvalue weighted by Gasteiger charge is -2.22. The molecule has 5 nitrogen and oxygen atoms in total. The highest BCUT2D eigenvalue weighted by atomic mass is 32.2. The van der Waals surface area contributed by atoms with E-state index < -0.39 is 0 Å². The lowest BCUT2D eigenvalue weighted by molar-refractivity contribution is -0.119. The number of thioether (sulfide) groups is 1. The quantitative estimate of drug-likeness (QED) is 0.426. The van der Waals surface area contributed by atoms with Crippen molar-refractivity contribution in [2.75, 3.05) is 5.75 Å². The van der Waals surface area contributed by atoms with Crippen LogP contribution in [0.25, 0.3) is 21.7 Å². The summed E-state index contributed by atoms with van der Waals surface area (Å²) in [6, 6.07) is 12.1. The van der Waals surface area contributed by atoms with E-state index in [0.29, 0.717) is 22.1 Å². The molecule has 1 aliphatic rings. The summed E-state index contributed by atoms with van der Waals surface area (Å²) in [5.41, 5.74) is 0.591. The molecule has 3 aromatic rings. The number of rotatable bonds is 4. The van der Waals surface area contributed by atoms with Crippen LogP contribution in [0.5, 0.6) is 0 Å². The molecule has 1 aromatic heterocycles. The third-order valence-electron chi connectivity index (χ3n) is 5.20. The Bertz CT molecular complexity index is 1050. The summed E-state index contributed by atoms with van der Waals surface area (Å²) in [6.45, 7) is 0. The molecule has 1 N–H and O–H groups in total. The van der Waals surface area contributed by atoms with Crippen molar-refractivity contribution in [3.8, 4) is 0 Å². The SMILES string of the molecule is Cn1c(SCC(=O)NC2CCCCC2)nc2cc3ccccc3cc2c1=O. The molecule has 4 rings (SSSR count). The van der Waals surface area contributed by atoms with Gasteiger partial charge in [0.15, 0.2) is 5.16 Å². The van der Waals surface area contributed by atoms with Crippen molar-refractivity contribution in [2.24, 2.45) is 7.05 Å². The van der Waals surface area contributed by atoms with E-state index in [0.717, 1.165) is 23.6 Å². The Morgan fingerprint density at radius 3 is 2.63 bits per heavy atom. The predicted octanol–water partition coefficient (Wildman–Crippen LogP) is 3.63. The minimum atomic E-state index is -0.0825. The lowest BCUT2D eigenvalue weighted by atomic mass is 9.95. The van der Waals surface area contributed by atoms with Crippen LogP contribution in [-0.4, -0.2) is 27.3 Å². The van der Waals surface area contributed by atoms with Gasteiger partial charge in [-0.15, -0.1) is 0 Å². The highest BCUT2D eigenvalue weighted by Gasteiger charge is 2.17. The van der Waals surface area contributed by atoms with Crippen LogP contribution in [0.3, 0.4) is 0 Å². The van der Waals surface area contributed by atoms with Crippen LogP contribution in [0.2, 0.25) is 0 Å². The molecule has 2 aromatic carbocycles. The fourth-order valence-corrected chi connectivity index (χ4v) is 4.50. The van der Waals surface area contributed by atoms with Crippen LogP contribution in [0, 0.1) is 0 Å². The molecule has 0 radical (unpaired) electrons. The number of nitrogens with zero attached hydrogens (tertiary/aromatic N) is 2. The number of nitrogens with one attached hydrogen (secondary N) is 1. The highest BCUT2D eigenvalue weighted by Crippen LogP contribution is 2.22. The third kappa shape index (κ3) is 3.86. The fourth-order valence-electron chi connectivity index (χ4n) is 3.71. The molecule has 0 unspecified atom stereocenters. The van der Waals surface area contributed by atoms with Crippen LogP contribution in [0.1, 0.15) is 32.1 Å². The molecule has 140 valence electrons. The number of carbonyl (C=O) groups is 1. The van der Waals surface area contributed by atoms with Crippen molar-refractivity contribution >= 4 is 39.3 Å². The molecule has 1 saturated carbocycles. The maximum absolute atomic E-state index is 12.8. The summed E-state index contributed by atoms with van der Waals surface area (Å²) in [5.74, 6) is 0.287. The summed E-state index contributed by atoms with van der Waals surface area (Å²) in [6.07, 6.45) is 5.77. The molecular weight excluding hydrogens is 358 g/mol. The first kappa shape index (κ1) is 18.0. The first-order valence-electron chi connectivity index (χ1n) is 9.43. The highest BCUT2D eigenvalue weighted by molar-refractivity contribution is 7.99. The summed E-state index contributed by atoms with van der Waals surface area (Å²) < 4.78 is 1.54. The van der Waals surface area contributed by atoms with E-state index in [-0.39, 0.29) is 17.2 Å². The molecule has 27 heavy (non-hydrogen) atoms. The number of aromatic nitrogens is 2. The first-order chi connectivity index (χ1) is 13.1. The van der Waals surface area contributed by atoms with Gasteiger partial charge >= 0.3 is 0 Å². The molecule has 0 aliphatic heterocycles. The van der Waals surface area contributed by atoms with Gasteiger partial charge in [0.05, 0.1) is 16.7 Å². The van der Waals surface area contributed by atoms with E-state index in [2.05, 4.69) is 10.3 Å². The van der Waals surface area contributed by atoms with Gasteiger partial charge in [-0.3, -0.25) is 14.2 Å². The van der Waals surface area contributed by atoms with Gasteiger partial charge in [-0.25, -0.2) is 4.98 Å². The molecule has 0 bridgehead atoms. The number of fused-ring (bicyclic) bond motifs is 2. The van der Waals surface area contributed by atoms with Crippen LogP contribution in [0.15, 0.2) is 46.3 Å². The topological polar surface area (TPSA) is 64.0 Å². The molecule has 6 heteroatoms. The average molecular weight is 382 g/mol. The van der Waals surface area contributed by atoms with E-state index in [1.807, 2.05) is 36.4 Å². The Labute approximate surface area is 162 Å². The largest absolute Gasteiger partial charge is 0.353 e. The van der Waals surface area contributed by atoms with Crippen LogP contribution >= 0.6 is 11.8 Å². The van der Waals surface area contributed by atoms with Gasteiger partial charge in [-0.2, -0.15) is 0 Å². The number of amides is 1. The zero-order chi connectivity index (χ0) is 18.8. The number of carbonyl (C=O) groups excluding carboxylic acids is 1. The number of hydrogen-bond acceptors (Lipinski definition) is 4. The van der Waals surface area contributed by atoms with Gasteiger partial charge in [-0.05, 0) is 35.7 Å². The van der Waals surface area contributed by atoms with Gasteiger partial charge in [-0.1, -0.05) is 55.3 Å². The second-order valence-corrected chi connectivity index (χ2v) is 8.11. The summed E-state index contributed by atoms with van der Waals surface area (Å²) >= 11 is 1.32. The Morgan fingerprint density at radius 2 is 1.89 bits per heavy atom. The van der Waals surface area contributed by atoms with Crippen molar-refractivity contribution in [1.82, 2.24) is 14.9 Å². The molecule has 1 amide bonds. The van der Waals surface area contributed by atoms with Crippen LogP contribution < -0.4 is 10.9 Å². The van der Waals surface area contributed by atoms with E-state index in [4.69, 9.17) is 0 Å². The summed E-state index contributed by atoms with van der Waals surface area (Å²) in [7, 11) is 1.71. The van der Waals surface area contributed by atoms with Crippen LogP contribution in [0.4, 0.5) is 0 Å². The van der Waals surface area contributed by atoms with Crippen LogP contribution in [-0.2, 0) is 11.8 Å². The minimum absolute atomic E-state index is 0.0137. The zero-order valence-corrected chi connectivity index (χ0v) is 16.2. The monoisotopic (exact) mass is 381 g/mol. The molecule has 1 aliphatic carbocycles. The standard InChI is InChI=1S/C21H23N3O2S/c1-24-20(26)17-11-14-7-5-6-8-15(14)12-18(17)23-21(24)27-13-19(25)22-16-9-3-2-4-10-16/h5-8,11-12,16H,2-4,9-10,13H2,1H3,(H,22,25). The van der Waals surface area contributed by atoms with E-state index in [1.165, 1.54) is 35.6 Å². The van der Waals surface area contributed by atoms with Gasteiger partial charge < -0.3 is 5.32 Å². The average Bonchev–Trinajstić information content (AvgIpc) is 2.69. The summed E-state index contributed by atoms with van der Waals surface area (Å²) in [5, 5.41) is 6.36. The smallest absolute Gasteiger partial charge is 0.261 e. The Kier molecular flexibility index (Phi) is 5.16. The van der Waals surface area contributed by atoms with Crippen molar-refractivity contribution in [1.29, 1.82) is 0 Å². The van der Waals surface area contributed by atoms with Crippen molar-refractivity contribution in [3.05, 3.63) is 46.8 Å². The maximum atomic E-state index is 12.8. The lowest BCUT2D eigenvalue weighted by Crippen LogP contribution is -2.37. The van der Waals surface area contributed by atoms with Crippen molar-refractivity contribution in [3.63, 3.8) is 0 Å². The van der Waals surface area contributed by atoms with Gasteiger partial charge in [0, 0.05) is 13.1 Å². The molecule has 0 saturated heterocycles. The van der Waals surface area contributed by atoms with Gasteiger partial charge in [0.25, 0.3) is 5.56 Å². The van der Waals surface area contributed by atoms with E-state index in [9.17, 15) is 9.59 Å². The molecule has 0 spiro atoms. The molecule has 1 fully saturated rings. The van der Waals surface area contributed by atoms with E-state index >= 15 is 0 Å².